The molecule has 12 nitrogen and oxygen atoms in total. The lowest BCUT2D eigenvalue weighted by Crippen LogP contribution is -2.49. The predicted octanol–water partition coefficient (Wildman–Crippen LogP) is 0.390. The molecule has 2 aromatic heterocycles. The van der Waals surface area contributed by atoms with Gasteiger partial charge in [0, 0.05) is 90.2 Å². The third-order valence-electron chi connectivity index (χ3n) is 7.06. The Morgan fingerprint density at radius 1 is 0.575 bits per heavy atom. The van der Waals surface area contributed by atoms with Crippen molar-refractivity contribution in [3.8, 4) is 11.5 Å². The Morgan fingerprint density at radius 3 is 1.27 bits per heavy atom. The minimum atomic E-state index is -0.590. The number of ether oxygens (including phenoxy) is 2. The average Bonchev–Trinajstić information content (AvgIpc) is 3.01. The van der Waals surface area contributed by atoms with Crippen LogP contribution in [0, 0.1) is 0 Å². The van der Waals surface area contributed by atoms with Gasteiger partial charge in [-0.2, -0.15) is 0 Å². The van der Waals surface area contributed by atoms with Crippen molar-refractivity contribution in [1.29, 1.82) is 0 Å². The van der Waals surface area contributed by atoms with Gasteiger partial charge in [0.25, 0.3) is 0 Å². The molecule has 2 aliphatic heterocycles. The average molecular weight is 551 g/mol. The molecular weight excluding hydrogens is 512 g/mol. The van der Waals surface area contributed by atoms with E-state index in [0.717, 1.165) is 64.3 Å². The van der Waals surface area contributed by atoms with E-state index in [1.165, 1.54) is 0 Å². The molecule has 2 saturated heterocycles. The highest BCUT2D eigenvalue weighted by Gasteiger charge is 2.22. The summed E-state index contributed by atoms with van der Waals surface area (Å²) in [6.07, 6.45) is 5.84. The maximum Gasteiger partial charge on any atom is 0.225 e. The molecule has 3 aromatic rings. The van der Waals surface area contributed by atoms with Gasteiger partial charge < -0.3 is 29.5 Å². The summed E-state index contributed by atoms with van der Waals surface area (Å²) in [6, 6.07) is 10.9. The minimum absolute atomic E-state index is 0.213. The Morgan fingerprint density at radius 2 is 0.925 bits per heavy atom. The number of piperazine rings is 2. The Labute approximate surface area is 234 Å². The molecule has 2 fully saturated rings. The molecule has 0 radical (unpaired) electrons. The topological polar surface area (TPSA) is 123 Å². The number of aromatic nitrogens is 4. The predicted molar refractivity (Wildman–Crippen MR) is 151 cm³/mol. The number of hydrogen-bond donors (Lipinski definition) is 2. The van der Waals surface area contributed by atoms with Gasteiger partial charge in [0.15, 0.2) is 0 Å². The normalized spacial score (nSPS) is 18.4. The van der Waals surface area contributed by atoms with Gasteiger partial charge in [0.1, 0.15) is 36.9 Å². The van der Waals surface area contributed by atoms with E-state index in [0.29, 0.717) is 24.6 Å². The summed E-state index contributed by atoms with van der Waals surface area (Å²) < 4.78 is 11.6. The van der Waals surface area contributed by atoms with Gasteiger partial charge in [-0.1, -0.05) is 0 Å². The van der Waals surface area contributed by atoms with Crippen molar-refractivity contribution in [1.82, 2.24) is 29.7 Å². The molecule has 0 spiro atoms. The Bertz CT molecular complexity index is 1040. The summed E-state index contributed by atoms with van der Waals surface area (Å²) in [6.45, 7) is 8.20. The van der Waals surface area contributed by atoms with E-state index in [2.05, 4.69) is 39.5 Å². The summed E-state index contributed by atoms with van der Waals surface area (Å²) in [7, 11) is 0. The van der Waals surface area contributed by atoms with E-state index in [-0.39, 0.29) is 13.2 Å². The summed E-state index contributed by atoms with van der Waals surface area (Å²) in [4.78, 5) is 26.0. The van der Waals surface area contributed by atoms with Crippen LogP contribution in [0.4, 0.5) is 11.9 Å². The standard InChI is InChI=1S/C28H38N8O4/c37-23(19-33-11-15-35(16-12-33)27-29-7-1-8-30-27)21-39-25-3-5-26(6-4-25)40-22-24(38)20-34-13-17-36(18-14-34)28-31-9-2-10-32-28/h1-10,23-24,37-38H,11-22H2/t23-,24+. The van der Waals surface area contributed by atoms with E-state index < -0.39 is 12.2 Å². The number of aliphatic hydroxyl groups is 2. The van der Waals surface area contributed by atoms with Gasteiger partial charge in [0.2, 0.25) is 11.9 Å². The van der Waals surface area contributed by atoms with Gasteiger partial charge in [0.05, 0.1) is 0 Å². The fraction of sp³-hybridized carbons (Fsp3) is 0.500. The Balaban J connectivity index is 0.952. The first kappa shape index (κ1) is 28.0. The fourth-order valence-electron chi connectivity index (χ4n) is 4.89. The van der Waals surface area contributed by atoms with Crippen LogP contribution < -0.4 is 19.3 Å². The fourth-order valence-corrected chi connectivity index (χ4v) is 4.89. The Hall–Kier alpha value is -3.58. The van der Waals surface area contributed by atoms with Gasteiger partial charge in [-0.15, -0.1) is 0 Å². The van der Waals surface area contributed by atoms with Crippen LogP contribution in [0.25, 0.3) is 0 Å². The van der Waals surface area contributed by atoms with Crippen molar-refractivity contribution < 1.29 is 19.7 Å². The molecule has 4 heterocycles. The lowest BCUT2D eigenvalue weighted by atomic mass is 10.2. The summed E-state index contributed by atoms with van der Waals surface area (Å²) in [5.41, 5.74) is 0. The number of nitrogens with zero attached hydrogens (tertiary/aromatic N) is 8. The second-order valence-electron chi connectivity index (χ2n) is 10.1. The highest BCUT2D eigenvalue weighted by atomic mass is 16.5. The molecule has 0 aliphatic carbocycles. The SMILES string of the molecule is O[C@H](COc1ccc(OC[C@H](O)CN2CCN(c3ncccn3)CC2)cc1)CN1CCN(c2ncccn2)CC1. The molecule has 2 atom stereocenters. The van der Waals surface area contributed by atoms with Crippen LogP contribution in [0.2, 0.25) is 0 Å². The van der Waals surface area contributed by atoms with Gasteiger partial charge >= 0.3 is 0 Å². The number of aliphatic hydroxyl groups excluding tert-OH is 2. The number of hydrogen-bond acceptors (Lipinski definition) is 12. The minimum Gasteiger partial charge on any atom is -0.491 e. The molecule has 0 saturated carbocycles. The smallest absolute Gasteiger partial charge is 0.225 e. The zero-order chi connectivity index (χ0) is 27.6. The van der Waals surface area contributed by atoms with Gasteiger partial charge in [-0.3, -0.25) is 9.80 Å². The first-order valence-electron chi connectivity index (χ1n) is 13.8. The van der Waals surface area contributed by atoms with E-state index in [1.54, 1.807) is 24.8 Å². The van der Waals surface area contributed by atoms with Crippen LogP contribution in [0.15, 0.2) is 61.2 Å². The number of rotatable bonds is 12. The van der Waals surface area contributed by atoms with Crippen LogP contribution >= 0.6 is 0 Å². The quantitative estimate of drug-likeness (QED) is 0.324. The lowest BCUT2D eigenvalue weighted by Gasteiger charge is -2.35. The maximum atomic E-state index is 10.5. The third kappa shape index (κ3) is 8.21. The molecule has 0 amide bonds. The second-order valence-corrected chi connectivity index (χ2v) is 10.1. The molecule has 12 heteroatoms. The lowest BCUT2D eigenvalue weighted by molar-refractivity contribution is 0.0649. The van der Waals surface area contributed by atoms with E-state index >= 15 is 0 Å². The zero-order valence-corrected chi connectivity index (χ0v) is 22.7. The van der Waals surface area contributed by atoms with Crippen molar-refractivity contribution >= 4 is 11.9 Å². The molecule has 0 unspecified atom stereocenters. The van der Waals surface area contributed by atoms with Crippen molar-refractivity contribution in [3.05, 3.63) is 61.2 Å². The molecule has 40 heavy (non-hydrogen) atoms. The van der Waals surface area contributed by atoms with Crippen LogP contribution in [0.5, 0.6) is 11.5 Å². The second kappa shape index (κ2) is 14.2. The number of benzene rings is 1. The molecule has 2 N–H and O–H groups in total. The van der Waals surface area contributed by atoms with Crippen LogP contribution in [0.3, 0.4) is 0 Å². The van der Waals surface area contributed by atoms with E-state index in [9.17, 15) is 10.2 Å². The van der Waals surface area contributed by atoms with Crippen molar-refractivity contribution in [2.75, 3.05) is 88.5 Å². The van der Waals surface area contributed by atoms with Crippen molar-refractivity contribution in [2.45, 2.75) is 12.2 Å². The van der Waals surface area contributed by atoms with Gasteiger partial charge in [-0.05, 0) is 36.4 Å². The summed E-state index contributed by atoms with van der Waals surface area (Å²) in [5, 5.41) is 21.0. The third-order valence-corrected chi connectivity index (χ3v) is 7.06. The number of anilines is 2. The molecule has 214 valence electrons. The van der Waals surface area contributed by atoms with Crippen LogP contribution in [-0.4, -0.2) is 131 Å². The zero-order valence-electron chi connectivity index (χ0n) is 22.7. The highest BCUT2D eigenvalue weighted by molar-refractivity contribution is 5.32. The van der Waals surface area contributed by atoms with Gasteiger partial charge in [-0.25, -0.2) is 19.9 Å². The molecule has 5 rings (SSSR count). The maximum absolute atomic E-state index is 10.5. The first-order valence-corrected chi connectivity index (χ1v) is 13.8. The van der Waals surface area contributed by atoms with Crippen LogP contribution in [0.1, 0.15) is 0 Å². The molecule has 2 aliphatic rings. The largest absolute Gasteiger partial charge is 0.491 e. The number of β-amino-alcohol motifs (C(OH)–C–C–N with tert-alkyl or cyclic N) is 2. The molecule has 1 aromatic carbocycles. The first-order chi connectivity index (χ1) is 19.6. The molecular formula is C28H38N8O4. The Kier molecular flexibility index (Phi) is 9.91. The van der Waals surface area contributed by atoms with E-state index in [4.69, 9.17) is 9.47 Å². The van der Waals surface area contributed by atoms with E-state index in [1.807, 2.05) is 36.4 Å². The highest BCUT2D eigenvalue weighted by Crippen LogP contribution is 2.19. The summed E-state index contributed by atoms with van der Waals surface area (Å²) >= 11 is 0. The monoisotopic (exact) mass is 550 g/mol. The summed E-state index contributed by atoms with van der Waals surface area (Å²) in [5.74, 6) is 2.83. The van der Waals surface area contributed by atoms with Crippen LogP contribution in [-0.2, 0) is 0 Å². The molecule has 0 bridgehead atoms. The van der Waals surface area contributed by atoms with Crippen molar-refractivity contribution in [3.63, 3.8) is 0 Å². The van der Waals surface area contributed by atoms with Crippen molar-refractivity contribution in [2.24, 2.45) is 0 Å².